The zero-order chi connectivity index (χ0) is 16.7. The maximum absolute atomic E-state index is 12.4. The number of anilines is 1. The van der Waals surface area contributed by atoms with Gasteiger partial charge in [0.05, 0.1) is 5.69 Å². The van der Waals surface area contributed by atoms with Crippen LogP contribution in [0.25, 0.3) is 21.5 Å². The molecule has 0 fully saturated rings. The highest BCUT2D eigenvalue weighted by Crippen LogP contribution is 2.30. The second kappa shape index (κ2) is 5.49. The summed E-state index contributed by atoms with van der Waals surface area (Å²) in [5, 5.41) is 4.66. The average Bonchev–Trinajstić information content (AvgIpc) is 2.57. The number of nitrogens with zero attached hydrogens (tertiary/aromatic N) is 1. The highest BCUT2D eigenvalue weighted by atomic mass is 16.1. The van der Waals surface area contributed by atoms with Gasteiger partial charge in [0.1, 0.15) is 0 Å². The van der Waals surface area contributed by atoms with Crippen LogP contribution in [-0.2, 0) is 6.42 Å². The minimum Gasteiger partial charge on any atom is -0.369 e. The number of nitrogens with two attached hydrogens (primary N) is 1. The van der Waals surface area contributed by atoms with Crippen LogP contribution in [0.5, 0.6) is 0 Å². The number of rotatable bonds is 2. The van der Waals surface area contributed by atoms with Gasteiger partial charge in [-0.2, -0.15) is 0 Å². The van der Waals surface area contributed by atoms with E-state index in [2.05, 4.69) is 40.3 Å². The first-order valence-corrected chi connectivity index (χ1v) is 7.88. The molecule has 0 aliphatic carbocycles. The normalized spacial score (nSPS) is 11.2. The lowest BCUT2D eigenvalue weighted by Gasteiger charge is -2.12. The second-order valence-electron chi connectivity index (χ2n) is 5.99. The van der Waals surface area contributed by atoms with E-state index in [0.29, 0.717) is 17.7 Å². The van der Waals surface area contributed by atoms with E-state index in [0.717, 1.165) is 16.3 Å². The highest BCUT2D eigenvalue weighted by Gasteiger charge is 2.13. The van der Waals surface area contributed by atoms with Crippen molar-refractivity contribution in [3.05, 3.63) is 81.8 Å². The fraction of sp³-hybridized carbons (Fsp3) is 0.100. The Morgan fingerprint density at radius 3 is 2.12 bits per heavy atom. The van der Waals surface area contributed by atoms with Gasteiger partial charge in [-0.3, -0.25) is 9.78 Å². The summed E-state index contributed by atoms with van der Waals surface area (Å²) in [7, 11) is 0. The Bertz CT molecular complexity index is 1070. The summed E-state index contributed by atoms with van der Waals surface area (Å²) in [6, 6.07) is 18.7. The highest BCUT2D eigenvalue weighted by molar-refractivity contribution is 6.02. The van der Waals surface area contributed by atoms with Crippen LogP contribution in [0.15, 0.2) is 59.4 Å². The van der Waals surface area contributed by atoms with Crippen LogP contribution in [0, 0.1) is 6.92 Å². The van der Waals surface area contributed by atoms with Gasteiger partial charge in [-0.1, -0.05) is 48.5 Å². The Balaban J connectivity index is 2.03. The van der Waals surface area contributed by atoms with Crippen LogP contribution in [0.4, 0.5) is 5.95 Å². The molecule has 1 aromatic heterocycles. The molecule has 0 saturated heterocycles. The second-order valence-corrected chi connectivity index (χ2v) is 5.99. The van der Waals surface area contributed by atoms with E-state index in [1.54, 1.807) is 0 Å². The SMILES string of the molecule is Cc1nc(N)[nH]c(=O)c1Cc1c2ccccc2cc2ccccc12. The predicted molar refractivity (Wildman–Crippen MR) is 98.3 cm³/mol. The van der Waals surface area contributed by atoms with E-state index >= 15 is 0 Å². The van der Waals surface area contributed by atoms with E-state index in [1.165, 1.54) is 10.8 Å². The molecule has 0 saturated carbocycles. The number of hydrogen-bond donors (Lipinski definition) is 2. The number of H-pyrrole nitrogens is 1. The Morgan fingerprint density at radius 2 is 1.54 bits per heavy atom. The lowest BCUT2D eigenvalue weighted by molar-refractivity contribution is 0.998. The molecule has 0 atom stereocenters. The van der Waals surface area contributed by atoms with Crippen molar-refractivity contribution in [2.75, 3.05) is 5.73 Å². The first kappa shape index (κ1) is 14.5. The number of hydrogen-bond acceptors (Lipinski definition) is 3. The van der Waals surface area contributed by atoms with Gasteiger partial charge in [0.15, 0.2) is 0 Å². The Labute approximate surface area is 139 Å². The number of nitrogens with one attached hydrogen (secondary N) is 1. The third kappa shape index (κ3) is 2.33. The smallest absolute Gasteiger partial charge is 0.256 e. The van der Waals surface area contributed by atoms with Crippen molar-refractivity contribution in [1.82, 2.24) is 9.97 Å². The van der Waals surface area contributed by atoms with Gasteiger partial charge in [0.2, 0.25) is 5.95 Å². The van der Waals surface area contributed by atoms with Gasteiger partial charge in [-0.05, 0) is 40.1 Å². The number of aromatic nitrogens is 2. The van der Waals surface area contributed by atoms with Gasteiger partial charge in [-0.15, -0.1) is 0 Å². The van der Waals surface area contributed by atoms with Crippen molar-refractivity contribution in [2.24, 2.45) is 0 Å². The lowest BCUT2D eigenvalue weighted by atomic mass is 9.92. The maximum Gasteiger partial charge on any atom is 0.256 e. The molecule has 0 aliphatic heterocycles. The van der Waals surface area contributed by atoms with Crippen molar-refractivity contribution >= 4 is 27.5 Å². The van der Waals surface area contributed by atoms with E-state index in [9.17, 15) is 4.79 Å². The zero-order valence-electron chi connectivity index (χ0n) is 13.3. The molecule has 4 nitrogen and oxygen atoms in total. The molecule has 118 valence electrons. The lowest BCUT2D eigenvalue weighted by Crippen LogP contribution is -2.19. The molecule has 0 aliphatic rings. The van der Waals surface area contributed by atoms with E-state index in [4.69, 9.17) is 5.73 Å². The average molecular weight is 315 g/mol. The monoisotopic (exact) mass is 315 g/mol. The molecular weight excluding hydrogens is 298 g/mol. The quantitative estimate of drug-likeness (QED) is 0.556. The summed E-state index contributed by atoms with van der Waals surface area (Å²) >= 11 is 0. The predicted octanol–water partition coefficient (Wildman–Crippen LogP) is 3.56. The van der Waals surface area contributed by atoms with Crippen LogP contribution >= 0.6 is 0 Å². The number of aryl methyl sites for hydroxylation is 1. The van der Waals surface area contributed by atoms with Crippen LogP contribution in [0.3, 0.4) is 0 Å². The summed E-state index contributed by atoms with van der Waals surface area (Å²) in [6.07, 6.45) is 0.524. The summed E-state index contributed by atoms with van der Waals surface area (Å²) in [4.78, 5) is 19.2. The number of nitrogen functional groups attached to an aromatic ring is 1. The first-order valence-electron chi connectivity index (χ1n) is 7.88. The molecule has 0 amide bonds. The molecule has 0 radical (unpaired) electrons. The summed E-state index contributed by atoms with van der Waals surface area (Å²) in [5.41, 5.74) is 7.94. The van der Waals surface area contributed by atoms with Crippen molar-refractivity contribution in [3.8, 4) is 0 Å². The minimum atomic E-state index is -0.169. The van der Waals surface area contributed by atoms with Crippen LogP contribution in [0.2, 0.25) is 0 Å². The van der Waals surface area contributed by atoms with Crippen LogP contribution < -0.4 is 11.3 Å². The standard InChI is InChI=1S/C20H17N3O/c1-12-17(19(24)23-20(21)22-12)11-18-15-8-4-2-6-13(15)10-14-7-3-5-9-16(14)18/h2-10H,11H2,1H3,(H3,21,22,23,24). The van der Waals surface area contributed by atoms with Crippen LogP contribution in [-0.4, -0.2) is 9.97 Å². The van der Waals surface area contributed by atoms with E-state index in [1.807, 2.05) is 31.2 Å². The van der Waals surface area contributed by atoms with Gasteiger partial charge in [0.25, 0.3) is 5.56 Å². The molecule has 1 heterocycles. The number of aromatic amines is 1. The van der Waals surface area contributed by atoms with Crippen molar-refractivity contribution in [2.45, 2.75) is 13.3 Å². The van der Waals surface area contributed by atoms with Gasteiger partial charge < -0.3 is 5.73 Å². The number of benzene rings is 3. The summed E-state index contributed by atoms with van der Waals surface area (Å²) < 4.78 is 0. The molecule has 24 heavy (non-hydrogen) atoms. The Morgan fingerprint density at radius 1 is 0.958 bits per heavy atom. The molecule has 0 spiro atoms. The van der Waals surface area contributed by atoms with Gasteiger partial charge in [0, 0.05) is 12.0 Å². The van der Waals surface area contributed by atoms with Crippen molar-refractivity contribution in [1.29, 1.82) is 0 Å². The molecule has 0 bridgehead atoms. The zero-order valence-corrected chi connectivity index (χ0v) is 13.3. The Kier molecular flexibility index (Phi) is 3.31. The number of fused-ring (bicyclic) bond motifs is 2. The van der Waals surface area contributed by atoms with Crippen molar-refractivity contribution < 1.29 is 0 Å². The largest absolute Gasteiger partial charge is 0.369 e. The van der Waals surface area contributed by atoms with Crippen LogP contribution in [0.1, 0.15) is 16.8 Å². The minimum absolute atomic E-state index is 0.157. The van der Waals surface area contributed by atoms with Gasteiger partial charge >= 0.3 is 0 Å². The molecule has 0 unspecified atom stereocenters. The molecule has 4 heteroatoms. The molecule has 3 N–H and O–H groups in total. The maximum atomic E-state index is 12.4. The third-order valence-corrected chi connectivity index (χ3v) is 4.48. The summed E-state index contributed by atoms with van der Waals surface area (Å²) in [6.45, 7) is 1.83. The summed E-state index contributed by atoms with van der Waals surface area (Å²) in [5.74, 6) is 0.157. The van der Waals surface area contributed by atoms with Gasteiger partial charge in [-0.25, -0.2) is 4.98 Å². The third-order valence-electron chi connectivity index (χ3n) is 4.48. The first-order chi connectivity index (χ1) is 11.6. The van der Waals surface area contributed by atoms with E-state index < -0.39 is 0 Å². The molecular formula is C20H17N3O. The molecule has 4 rings (SSSR count). The molecule has 3 aromatic carbocycles. The van der Waals surface area contributed by atoms with Crippen molar-refractivity contribution in [3.63, 3.8) is 0 Å². The topological polar surface area (TPSA) is 71.8 Å². The fourth-order valence-corrected chi connectivity index (χ4v) is 3.32. The molecule has 4 aromatic rings. The van der Waals surface area contributed by atoms with E-state index in [-0.39, 0.29) is 11.5 Å². The fourth-order valence-electron chi connectivity index (χ4n) is 3.32. The Hall–Kier alpha value is -3.14.